The number of thiocarbonyl (C=S) groups is 1. The molecule has 19 heavy (non-hydrogen) atoms. The Bertz CT molecular complexity index is 598. The smallest absolute Gasteiger partial charge is 0.170 e. The lowest BCUT2D eigenvalue weighted by Gasteiger charge is -2.15. The molecular weight excluding hydrogens is 258 g/mol. The number of rotatable bonds is 3. The highest BCUT2D eigenvalue weighted by atomic mass is 32.1. The van der Waals surface area contributed by atoms with Gasteiger partial charge in [-0.1, -0.05) is 0 Å². The number of hydrogen-bond donors (Lipinski definition) is 2. The predicted molar refractivity (Wildman–Crippen MR) is 82.8 cm³/mol. The number of hydrogen-bond acceptors (Lipinski definition) is 3. The predicted octanol–water partition coefficient (Wildman–Crippen LogP) is 2.94. The monoisotopic (exact) mass is 275 g/mol. The van der Waals surface area contributed by atoms with Crippen molar-refractivity contribution in [1.29, 1.82) is 0 Å². The van der Waals surface area contributed by atoms with E-state index in [1.165, 1.54) is 0 Å². The van der Waals surface area contributed by atoms with Crippen LogP contribution in [0, 0.1) is 0 Å². The van der Waals surface area contributed by atoms with Gasteiger partial charge in [-0.15, -0.1) is 0 Å². The molecule has 0 atom stereocenters. The minimum absolute atomic E-state index is 0.294. The molecule has 0 radical (unpaired) electrons. The van der Waals surface area contributed by atoms with E-state index in [2.05, 4.69) is 15.6 Å². The molecule has 1 heterocycles. The van der Waals surface area contributed by atoms with Gasteiger partial charge in [-0.05, 0) is 50.3 Å². The molecule has 1 aromatic heterocycles. The first-order valence-electron chi connectivity index (χ1n) is 6.11. The number of nitrogens with one attached hydrogen (secondary N) is 2. The van der Waals surface area contributed by atoms with Crippen molar-refractivity contribution >= 4 is 33.9 Å². The van der Waals surface area contributed by atoms with E-state index >= 15 is 0 Å². The molecule has 0 saturated heterocycles. The third-order valence-electron chi connectivity index (χ3n) is 2.62. The van der Waals surface area contributed by atoms with E-state index in [-0.39, 0.29) is 0 Å². The zero-order valence-electron chi connectivity index (χ0n) is 11.2. The SMILES string of the molecule is COc1ccc(NC(=S)NC(C)C)c2cccnc12. The maximum atomic E-state index is 5.31. The summed E-state index contributed by atoms with van der Waals surface area (Å²) < 4.78 is 5.31. The largest absolute Gasteiger partial charge is 0.494 e. The van der Waals surface area contributed by atoms with Crippen LogP contribution in [-0.4, -0.2) is 23.2 Å². The summed E-state index contributed by atoms with van der Waals surface area (Å²) in [6.07, 6.45) is 1.75. The van der Waals surface area contributed by atoms with Crippen LogP contribution in [0.1, 0.15) is 13.8 Å². The molecule has 0 unspecified atom stereocenters. The standard InChI is InChI=1S/C14H17N3OS/c1-9(2)16-14(19)17-11-6-7-12(18-3)13-10(11)5-4-8-15-13/h4-9H,1-3H3,(H2,16,17,19). The average Bonchev–Trinajstić information content (AvgIpc) is 2.38. The molecule has 0 saturated carbocycles. The lowest BCUT2D eigenvalue weighted by atomic mass is 10.1. The second kappa shape index (κ2) is 5.84. The fourth-order valence-electron chi connectivity index (χ4n) is 1.84. The fraction of sp³-hybridized carbons (Fsp3) is 0.286. The van der Waals surface area contributed by atoms with Crippen molar-refractivity contribution in [2.45, 2.75) is 19.9 Å². The van der Waals surface area contributed by atoms with E-state index in [1.54, 1.807) is 13.3 Å². The number of aromatic nitrogens is 1. The van der Waals surface area contributed by atoms with E-state index in [9.17, 15) is 0 Å². The number of methoxy groups -OCH3 is 1. The van der Waals surface area contributed by atoms with Crippen molar-refractivity contribution in [3.05, 3.63) is 30.5 Å². The Labute approximate surface area is 118 Å². The van der Waals surface area contributed by atoms with Gasteiger partial charge in [0, 0.05) is 23.3 Å². The second-order valence-electron chi connectivity index (χ2n) is 4.47. The van der Waals surface area contributed by atoms with Crippen LogP contribution in [-0.2, 0) is 0 Å². The zero-order valence-corrected chi connectivity index (χ0v) is 12.0. The summed E-state index contributed by atoms with van der Waals surface area (Å²) in [6, 6.07) is 8.01. The van der Waals surface area contributed by atoms with Crippen molar-refractivity contribution in [1.82, 2.24) is 10.3 Å². The molecule has 2 aromatic rings. The minimum atomic E-state index is 0.294. The molecule has 5 heteroatoms. The van der Waals surface area contributed by atoms with Crippen molar-refractivity contribution in [2.75, 3.05) is 12.4 Å². The van der Waals surface area contributed by atoms with Gasteiger partial charge in [0.05, 0.1) is 7.11 Å². The number of fused-ring (bicyclic) bond motifs is 1. The summed E-state index contributed by atoms with van der Waals surface area (Å²) in [5.41, 5.74) is 1.74. The Morgan fingerprint density at radius 3 is 2.79 bits per heavy atom. The fourth-order valence-corrected chi connectivity index (χ4v) is 2.19. The molecule has 0 bridgehead atoms. The van der Waals surface area contributed by atoms with Crippen LogP contribution in [0.25, 0.3) is 10.9 Å². The van der Waals surface area contributed by atoms with E-state index in [0.717, 1.165) is 22.3 Å². The van der Waals surface area contributed by atoms with Crippen LogP contribution in [0.2, 0.25) is 0 Å². The maximum absolute atomic E-state index is 5.31. The van der Waals surface area contributed by atoms with E-state index in [4.69, 9.17) is 17.0 Å². The zero-order chi connectivity index (χ0) is 13.8. The number of benzene rings is 1. The molecule has 0 aliphatic heterocycles. The summed E-state index contributed by atoms with van der Waals surface area (Å²) in [5.74, 6) is 0.754. The molecule has 2 rings (SSSR count). The van der Waals surface area contributed by atoms with Crippen LogP contribution in [0.3, 0.4) is 0 Å². The van der Waals surface area contributed by atoms with Crippen LogP contribution in [0.5, 0.6) is 5.75 Å². The molecule has 0 amide bonds. The highest BCUT2D eigenvalue weighted by Gasteiger charge is 2.08. The Morgan fingerprint density at radius 2 is 2.11 bits per heavy atom. The second-order valence-corrected chi connectivity index (χ2v) is 4.88. The van der Waals surface area contributed by atoms with E-state index in [1.807, 2.05) is 38.1 Å². The molecule has 0 aliphatic rings. The summed E-state index contributed by atoms with van der Waals surface area (Å²) in [4.78, 5) is 4.35. The van der Waals surface area contributed by atoms with Crippen molar-refractivity contribution in [2.24, 2.45) is 0 Å². The van der Waals surface area contributed by atoms with E-state index < -0.39 is 0 Å². The van der Waals surface area contributed by atoms with Crippen LogP contribution >= 0.6 is 12.2 Å². The number of anilines is 1. The summed E-state index contributed by atoms with van der Waals surface area (Å²) in [5, 5.41) is 7.93. The van der Waals surface area contributed by atoms with Gasteiger partial charge < -0.3 is 15.4 Å². The molecule has 100 valence electrons. The Kier molecular flexibility index (Phi) is 4.16. The first-order chi connectivity index (χ1) is 9.11. The molecular formula is C14H17N3OS. The molecule has 0 spiro atoms. The van der Waals surface area contributed by atoms with Gasteiger partial charge in [-0.3, -0.25) is 4.98 Å². The third-order valence-corrected chi connectivity index (χ3v) is 2.84. The minimum Gasteiger partial charge on any atom is -0.494 e. The molecule has 1 aromatic carbocycles. The van der Waals surface area contributed by atoms with Crippen LogP contribution in [0.4, 0.5) is 5.69 Å². The summed E-state index contributed by atoms with van der Waals surface area (Å²) >= 11 is 5.26. The normalized spacial score (nSPS) is 10.5. The number of ether oxygens (including phenoxy) is 1. The first kappa shape index (κ1) is 13.5. The first-order valence-corrected chi connectivity index (χ1v) is 6.52. The van der Waals surface area contributed by atoms with Gasteiger partial charge in [0.1, 0.15) is 11.3 Å². The van der Waals surface area contributed by atoms with Crippen LogP contribution < -0.4 is 15.4 Å². The van der Waals surface area contributed by atoms with Crippen molar-refractivity contribution < 1.29 is 4.74 Å². The lowest BCUT2D eigenvalue weighted by Crippen LogP contribution is -2.33. The maximum Gasteiger partial charge on any atom is 0.170 e. The van der Waals surface area contributed by atoms with Gasteiger partial charge >= 0.3 is 0 Å². The molecule has 2 N–H and O–H groups in total. The molecule has 0 fully saturated rings. The van der Waals surface area contributed by atoms with Crippen LogP contribution in [0.15, 0.2) is 30.5 Å². The Balaban J connectivity index is 2.37. The summed E-state index contributed by atoms with van der Waals surface area (Å²) in [6.45, 7) is 4.09. The molecule has 0 aliphatic carbocycles. The number of nitrogens with zero attached hydrogens (tertiary/aromatic N) is 1. The van der Waals surface area contributed by atoms with Gasteiger partial charge in [0.15, 0.2) is 5.11 Å². The van der Waals surface area contributed by atoms with Gasteiger partial charge in [0.2, 0.25) is 0 Å². The highest BCUT2D eigenvalue weighted by Crippen LogP contribution is 2.29. The topological polar surface area (TPSA) is 46.2 Å². The van der Waals surface area contributed by atoms with E-state index in [0.29, 0.717) is 11.2 Å². The third kappa shape index (κ3) is 3.12. The summed E-state index contributed by atoms with van der Waals surface area (Å²) in [7, 11) is 1.64. The van der Waals surface area contributed by atoms with Gasteiger partial charge in [0.25, 0.3) is 0 Å². The van der Waals surface area contributed by atoms with Gasteiger partial charge in [-0.2, -0.15) is 0 Å². The van der Waals surface area contributed by atoms with Crippen molar-refractivity contribution in [3.63, 3.8) is 0 Å². The molecule has 4 nitrogen and oxygen atoms in total. The Hall–Kier alpha value is -1.88. The van der Waals surface area contributed by atoms with Gasteiger partial charge in [-0.25, -0.2) is 0 Å². The average molecular weight is 275 g/mol. The number of pyridine rings is 1. The van der Waals surface area contributed by atoms with Crippen molar-refractivity contribution in [3.8, 4) is 5.75 Å². The lowest BCUT2D eigenvalue weighted by molar-refractivity contribution is 0.419. The highest BCUT2D eigenvalue weighted by molar-refractivity contribution is 7.80. The quantitative estimate of drug-likeness (QED) is 0.843. The Morgan fingerprint density at radius 1 is 1.32 bits per heavy atom.